The minimum absolute atomic E-state index is 0.0577. The maximum atomic E-state index is 13.6. The molecule has 0 N–H and O–H groups in total. The van der Waals surface area contributed by atoms with Crippen molar-refractivity contribution in [3.63, 3.8) is 0 Å². The van der Waals surface area contributed by atoms with Crippen LogP contribution in [0.1, 0.15) is 37.3 Å². The Morgan fingerprint density at radius 1 is 1.21 bits per heavy atom. The fourth-order valence-corrected chi connectivity index (χ4v) is 5.18. The van der Waals surface area contributed by atoms with E-state index in [0.29, 0.717) is 23.7 Å². The van der Waals surface area contributed by atoms with E-state index in [1.54, 1.807) is 12.1 Å². The lowest BCUT2D eigenvalue weighted by atomic mass is 10.0. The van der Waals surface area contributed by atoms with Crippen LogP contribution < -0.4 is 4.74 Å². The number of sulfone groups is 1. The van der Waals surface area contributed by atoms with Crippen molar-refractivity contribution in [3.05, 3.63) is 65.5 Å². The average Bonchev–Trinajstić information content (AvgIpc) is 3.04. The number of nitrogens with zero attached hydrogens (tertiary/aromatic N) is 1. The lowest BCUT2D eigenvalue weighted by molar-refractivity contribution is -0.136. The summed E-state index contributed by atoms with van der Waals surface area (Å²) in [4.78, 5) is 14.4. The lowest BCUT2D eigenvalue weighted by Crippen LogP contribution is -2.43. The zero-order valence-corrected chi connectivity index (χ0v) is 17.5. The molecular weight excluding hydrogens is 393 g/mol. The molecular formula is C22H26FNO4S. The van der Waals surface area contributed by atoms with Crippen molar-refractivity contribution in [2.75, 3.05) is 18.1 Å². The zero-order chi connectivity index (χ0) is 21.0. The zero-order valence-electron chi connectivity index (χ0n) is 16.7. The molecule has 3 rings (SSSR count). The predicted octanol–water partition coefficient (Wildman–Crippen LogP) is 3.54. The van der Waals surface area contributed by atoms with Gasteiger partial charge in [-0.25, -0.2) is 12.8 Å². The van der Waals surface area contributed by atoms with Crippen LogP contribution in [0.15, 0.2) is 48.5 Å². The highest BCUT2D eigenvalue weighted by Gasteiger charge is 2.34. The summed E-state index contributed by atoms with van der Waals surface area (Å²) in [6, 6.07) is 13.1. The summed E-state index contributed by atoms with van der Waals surface area (Å²) < 4.78 is 43.0. The molecule has 0 aliphatic carbocycles. The van der Waals surface area contributed by atoms with Gasteiger partial charge in [-0.3, -0.25) is 4.79 Å². The van der Waals surface area contributed by atoms with Gasteiger partial charge < -0.3 is 9.64 Å². The summed E-state index contributed by atoms with van der Waals surface area (Å²) in [5.74, 6) is 0.253. The first-order valence-corrected chi connectivity index (χ1v) is 11.5. The summed E-state index contributed by atoms with van der Waals surface area (Å²) in [6.07, 6.45) is 0.381. The van der Waals surface area contributed by atoms with E-state index in [1.165, 1.54) is 22.6 Å². The van der Waals surface area contributed by atoms with E-state index in [-0.39, 0.29) is 30.6 Å². The third-order valence-electron chi connectivity index (χ3n) is 5.12. The second-order valence-corrected chi connectivity index (χ2v) is 9.95. The smallest absolute Gasteiger partial charge is 0.261 e. The predicted molar refractivity (Wildman–Crippen MR) is 110 cm³/mol. The van der Waals surface area contributed by atoms with Crippen molar-refractivity contribution < 1.29 is 22.3 Å². The minimum atomic E-state index is -3.16. The first kappa shape index (κ1) is 21.3. The number of halogens is 1. The molecule has 29 heavy (non-hydrogen) atoms. The van der Waals surface area contributed by atoms with E-state index in [4.69, 9.17) is 4.74 Å². The fourth-order valence-electron chi connectivity index (χ4n) is 3.45. The number of benzene rings is 2. The summed E-state index contributed by atoms with van der Waals surface area (Å²) >= 11 is 0. The Balaban J connectivity index is 1.71. The molecule has 1 unspecified atom stereocenters. The molecule has 1 atom stereocenters. The molecule has 156 valence electrons. The monoisotopic (exact) mass is 419 g/mol. The van der Waals surface area contributed by atoms with Crippen molar-refractivity contribution in [1.82, 2.24) is 4.90 Å². The number of hydrogen-bond acceptors (Lipinski definition) is 4. The van der Waals surface area contributed by atoms with Crippen LogP contribution >= 0.6 is 0 Å². The molecule has 0 bridgehead atoms. The van der Waals surface area contributed by atoms with Crippen LogP contribution in [0, 0.1) is 5.82 Å². The Labute approximate surface area is 171 Å². The SMILES string of the molecule is CC(C)c1ccc(OCC(=O)N(Cc2cccc(F)c2)C2CCS(=O)(=O)C2)cc1. The Bertz CT molecular complexity index is 957. The first-order valence-electron chi connectivity index (χ1n) is 9.70. The summed E-state index contributed by atoms with van der Waals surface area (Å²) in [6.45, 7) is 4.14. The van der Waals surface area contributed by atoms with Gasteiger partial charge in [0.15, 0.2) is 16.4 Å². The van der Waals surface area contributed by atoms with Crippen molar-refractivity contribution >= 4 is 15.7 Å². The Morgan fingerprint density at radius 2 is 1.93 bits per heavy atom. The summed E-state index contributed by atoms with van der Waals surface area (Å²) in [7, 11) is -3.16. The van der Waals surface area contributed by atoms with E-state index in [2.05, 4.69) is 13.8 Å². The Morgan fingerprint density at radius 3 is 2.52 bits per heavy atom. The molecule has 0 spiro atoms. The molecule has 1 aliphatic heterocycles. The third kappa shape index (κ3) is 5.79. The van der Waals surface area contributed by atoms with Crippen molar-refractivity contribution in [2.24, 2.45) is 0 Å². The highest BCUT2D eigenvalue weighted by molar-refractivity contribution is 7.91. The van der Waals surface area contributed by atoms with Crippen LogP contribution in [0.3, 0.4) is 0 Å². The highest BCUT2D eigenvalue weighted by Crippen LogP contribution is 2.22. The largest absolute Gasteiger partial charge is 0.484 e. The molecule has 0 saturated carbocycles. The Kier molecular flexibility index (Phi) is 6.57. The average molecular weight is 420 g/mol. The second-order valence-electron chi connectivity index (χ2n) is 7.72. The van der Waals surface area contributed by atoms with E-state index >= 15 is 0 Å². The number of carbonyl (C=O) groups excluding carboxylic acids is 1. The minimum Gasteiger partial charge on any atom is -0.484 e. The van der Waals surface area contributed by atoms with Crippen LogP contribution in [-0.4, -0.2) is 43.4 Å². The summed E-state index contributed by atoms with van der Waals surface area (Å²) in [5.41, 5.74) is 1.79. The van der Waals surface area contributed by atoms with Crippen molar-refractivity contribution in [1.29, 1.82) is 0 Å². The molecule has 2 aromatic carbocycles. The van der Waals surface area contributed by atoms with Gasteiger partial charge in [-0.2, -0.15) is 0 Å². The lowest BCUT2D eigenvalue weighted by Gasteiger charge is -2.28. The van der Waals surface area contributed by atoms with Gasteiger partial charge in [-0.05, 0) is 47.7 Å². The van der Waals surface area contributed by atoms with Gasteiger partial charge >= 0.3 is 0 Å². The van der Waals surface area contributed by atoms with Crippen LogP contribution in [0.2, 0.25) is 0 Å². The molecule has 0 aromatic heterocycles. The van der Waals surface area contributed by atoms with Crippen molar-refractivity contribution in [2.45, 2.75) is 38.8 Å². The highest BCUT2D eigenvalue weighted by atomic mass is 32.2. The molecule has 1 fully saturated rings. The molecule has 2 aromatic rings. The van der Waals surface area contributed by atoms with E-state index < -0.39 is 21.7 Å². The van der Waals surface area contributed by atoms with Gasteiger partial charge in [0.05, 0.1) is 11.5 Å². The quantitative estimate of drug-likeness (QED) is 0.689. The molecule has 1 heterocycles. The van der Waals surface area contributed by atoms with Gasteiger partial charge in [0.1, 0.15) is 11.6 Å². The van der Waals surface area contributed by atoms with Crippen LogP contribution in [-0.2, 0) is 21.2 Å². The van der Waals surface area contributed by atoms with Gasteiger partial charge in [-0.15, -0.1) is 0 Å². The topological polar surface area (TPSA) is 63.7 Å². The second kappa shape index (κ2) is 8.95. The molecule has 1 saturated heterocycles. The number of hydrogen-bond donors (Lipinski definition) is 0. The summed E-state index contributed by atoms with van der Waals surface area (Å²) in [5, 5.41) is 0. The number of ether oxygens (including phenoxy) is 1. The third-order valence-corrected chi connectivity index (χ3v) is 6.87. The first-order chi connectivity index (χ1) is 13.7. The van der Waals surface area contributed by atoms with Gasteiger partial charge in [0.25, 0.3) is 5.91 Å². The van der Waals surface area contributed by atoms with Crippen LogP contribution in [0.5, 0.6) is 5.75 Å². The molecule has 0 radical (unpaired) electrons. The maximum Gasteiger partial charge on any atom is 0.261 e. The van der Waals surface area contributed by atoms with E-state index in [9.17, 15) is 17.6 Å². The molecule has 7 heteroatoms. The number of amides is 1. The standard InChI is InChI=1S/C22H26FNO4S/c1-16(2)18-6-8-21(9-7-18)28-14-22(25)24(20-10-11-29(26,27)15-20)13-17-4-3-5-19(23)12-17/h3-9,12,16,20H,10-11,13-15H2,1-2H3. The van der Waals surface area contributed by atoms with Gasteiger partial charge in [0, 0.05) is 12.6 Å². The Hall–Kier alpha value is -2.41. The molecule has 5 nitrogen and oxygen atoms in total. The molecule has 1 aliphatic rings. The normalized spacial score (nSPS) is 18.0. The van der Waals surface area contributed by atoms with Crippen LogP contribution in [0.25, 0.3) is 0 Å². The fraction of sp³-hybridized carbons (Fsp3) is 0.409. The van der Waals surface area contributed by atoms with Gasteiger partial charge in [-0.1, -0.05) is 38.1 Å². The number of carbonyl (C=O) groups is 1. The number of rotatable bonds is 7. The maximum absolute atomic E-state index is 13.6. The van der Waals surface area contributed by atoms with Gasteiger partial charge in [0.2, 0.25) is 0 Å². The van der Waals surface area contributed by atoms with E-state index in [1.807, 2.05) is 24.3 Å². The van der Waals surface area contributed by atoms with Crippen LogP contribution in [0.4, 0.5) is 4.39 Å². The van der Waals surface area contributed by atoms with Crippen molar-refractivity contribution in [3.8, 4) is 5.75 Å². The molecule has 1 amide bonds. The van der Waals surface area contributed by atoms with E-state index in [0.717, 1.165) is 0 Å².